The number of amides is 2. The third-order valence-electron chi connectivity index (χ3n) is 3.47. The molecule has 1 aliphatic rings. The number of nitrogens with one attached hydrogen (secondary N) is 1. The molecule has 0 saturated carbocycles. The van der Waals surface area contributed by atoms with Crippen molar-refractivity contribution in [1.29, 1.82) is 0 Å². The molecule has 1 aromatic carbocycles. The summed E-state index contributed by atoms with van der Waals surface area (Å²) in [5.74, 6) is -0.265. The third-order valence-corrected chi connectivity index (χ3v) is 3.72. The maximum absolute atomic E-state index is 12.0. The smallest absolute Gasteiger partial charge is 0.246 e. The summed E-state index contributed by atoms with van der Waals surface area (Å²) in [5, 5.41) is 3.96. The number of piperidine rings is 1. The van der Waals surface area contributed by atoms with Crippen LogP contribution < -0.4 is 5.32 Å². The highest BCUT2D eigenvalue weighted by molar-refractivity contribution is 6.30. The van der Waals surface area contributed by atoms with E-state index in [1.165, 1.54) is 11.9 Å². The number of carbonyl (C=O) groups is 2. The zero-order valence-electron chi connectivity index (χ0n) is 11.0. The number of halogens is 1. The maximum Gasteiger partial charge on any atom is 0.246 e. The Kier molecular flexibility index (Phi) is 4.22. The number of benzene rings is 1. The molecule has 1 N–H and O–H groups in total. The first-order chi connectivity index (χ1) is 8.99. The largest absolute Gasteiger partial charge is 0.299 e. The normalized spacial score (nSPS) is 21.6. The van der Waals surface area contributed by atoms with E-state index in [0.29, 0.717) is 17.9 Å². The number of hydrogen-bond acceptors (Lipinski definition) is 3. The first-order valence-electron chi connectivity index (χ1n) is 6.31. The summed E-state index contributed by atoms with van der Waals surface area (Å²) < 4.78 is 0. The molecule has 5 heteroatoms. The van der Waals surface area contributed by atoms with Crippen molar-refractivity contribution < 1.29 is 9.59 Å². The van der Waals surface area contributed by atoms with E-state index in [9.17, 15) is 9.59 Å². The number of likely N-dealkylation sites (tertiary alicyclic amines) is 1. The monoisotopic (exact) mass is 280 g/mol. The molecule has 1 saturated heterocycles. The van der Waals surface area contributed by atoms with E-state index in [4.69, 9.17) is 11.6 Å². The Morgan fingerprint density at radius 3 is 2.58 bits per heavy atom. The Morgan fingerprint density at radius 2 is 1.95 bits per heavy atom. The highest BCUT2D eigenvalue weighted by Crippen LogP contribution is 2.19. The van der Waals surface area contributed by atoms with Crippen LogP contribution in [0.1, 0.15) is 31.4 Å². The Morgan fingerprint density at radius 1 is 1.32 bits per heavy atom. The second-order valence-corrected chi connectivity index (χ2v) is 5.26. The first kappa shape index (κ1) is 14.0. The lowest BCUT2D eigenvalue weighted by atomic mass is 10.0. The average Bonchev–Trinajstić information content (AvgIpc) is 2.40. The van der Waals surface area contributed by atoms with Crippen LogP contribution in [-0.4, -0.2) is 29.8 Å². The van der Waals surface area contributed by atoms with Crippen molar-refractivity contribution in [1.82, 2.24) is 10.2 Å². The number of carbonyl (C=O) groups excluding carboxylic acids is 2. The second kappa shape index (κ2) is 5.72. The van der Waals surface area contributed by atoms with E-state index in [2.05, 4.69) is 5.32 Å². The van der Waals surface area contributed by atoms with Gasteiger partial charge in [0.15, 0.2) is 0 Å². The van der Waals surface area contributed by atoms with Gasteiger partial charge < -0.3 is 0 Å². The van der Waals surface area contributed by atoms with Crippen molar-refractivity contribution in [3.05, 3.63) is 34.9 Å². The molecule has 2 unspecified atom stereocenters. The van der Waals surface area contributed by atoms with E-state index >= 15 is 0 Å². The van der Waals surface area contributed by atoms with Crippen molar-refractivity contribution in [2.75, 3.05) is 7.05 Å². The summed E-state index contributed by atoms with van der Waals surface area (Å²) in [7, 11) is 1.53. The lowest BCUT2D eigenvalue weighted by molar-refractivity contribution is -0.148. The maximum atomic E-state index is 12.0. The van der Waals surface area contributed by atoms with Gasteiger partial charge in [-0.3, -0.25) is 19.8 Å². The molecule has 0 radical (unpaired) electrons. The summed E-state index contributed by atoms with van der Waals surface area (Å²) >= 11 is 5.85. The predicted molar refractivity (Wildman–Crippen MR) is 73.8 cm³/mol. The van der Waals surface area contributed by atoms with E-state index in [-0.39, 0.29) is 23.9 Å². The van der Waals surface area contributed by atoms with Gasteiger partial charge in [-0.1, -0.05) is 23.7 Å². The van der Waals surface area contributed by atoms with Crippen molar-refractivity contribution >= 4 is 23.4 Å². The van der Waals surface area contributed by atoms with Crippen LogP contribution >= 0.6 is 11.6 Å². The fourth-order valence-electron chi connectivity index (χ4n) is 2.22. The summed E-state index contributed by atoms with van der Waals surface area (Å²) in [4.78, 5) is 24.6. The second-order valence-electron chi connectivity index (χ2n) is 4.82. The quantitative estimate of drug-likeness (QED) is 0.863. The zero-order chi connectivity index (χ0) is 14.0. The van der Waals surface area contributed by atoms with Gasteiger partial charge >= 0.3 is 0 Å². The molecule has 2 amide bonds. The van der Waals surface area contributed by atoms with Crippen LogP contribution in [0.4, 0.5) is 0 Å². The molecule has 0 aromatic heterocycles. The Labute approximate surface area is 117 Å². The Bertz CT molecular complexity index is 487. The summed E-state index contributed by atoms with van der Waals surface area (Å²) in [6.07, 6.45) is 0.965. The molecule has 4 nitrogen and oxygen atoms in total. The molecule has 1 aliphatic heterocycles. The molecular formula is C14H17ClN2O2. The van der Waals surface area contributed by atoms with Crippen LogP contribution in [0.5, 0.6) is 0 Å². The SMILES string of the molecule is CC(NC1CCC(=O)N(C)C1=O)c1ccc(Cl)cc1. The topological polar surface area (TPSA) is 49.4 Å². The van der Waals surface area contributed by atoms with Crippen LogP contribution in [-0.2, 0) is 9.59 Å². The van der Waals surface area contributed by atoms with Crippen LogP contribution in [0, 0.1) is 0 Å². The van der Waals surface area contributed by atoms with Gasteiger partial charge in [-0.05, 0) is 31.0 Å². The van der Waals surface area contributed by atoms with Gasteiger partial charge in [0.2, 0.25) is 11.8 Å². The molecule has 0 bridgehead atoms. The standard InChI is InChI=1S/C14H17ClN2O2/c1-9(10-3-5-11(15)6-4-10)16-12-7-8-13(18)17(2)14(12)19/h3-6,9,12,16H,7-8H2,1-2H3. The molecule has 2 rings (SSSR count). The molecule has 102 valence electrons. The minimum absolute atomic E-state index is 0.0350. The summed E-state index contributed by atoms with van der Waals surface area (Å²) in [5.41, 5.74) is 1.07. The highest BCUT2D eigenvalue weighted by atomic mass is 35.5. The molecule has 1 aromatic rings. The summed E-state index contributed by atoms with van der Waals surface area (Å²) in [6.45, 7) is 1.99. The highest BCUT2D eigenvalue weighted by Gasteiger charge is 2.32. The van der Waals surface area contributed by atoms with Gasteiger partial charge in [-0.2, -0.15) is 0 Å². The van der Waals surface area contributed by atoms with Gasteiger partial charge in [-0.15, -0.1) is 0 Å². The van der Waals surface area contributed by atoms with Crippen LogP contribution in [0.3, 0.4) is 0 Å². The number of rotatable bonds is 3. The zero-order valence-corrected chi connectivity index (χ0v) is 11.8. The Balaban J connectivity index is 2.02. The predicted octanol–water partition coefficient (Wildman–Crippen LogP) is 2.14. The van der Waals surface area contributed by atoms with Gasteiger partial charge in [0.05, 0.1) is 6.04 Å². The van der Waals surface area contributed by atoms with E-state index < -0.39 is 0 Å². The minimum atomic E-state index is -0.298. The van der Waals surface area contributed by atoms with Crippen molar-refractivity contribution in [2.45, 2.75) is 31.8 Å². The van der Waals surface area contributed by atoms with Gasteiger partial charge in [0, 0.05) is 24.5 Å². The van der Waals surface area contributed by atoms with Crippen molar-refractivity contribution in [2.24, 2.45) is 0 Å². The molecule has 0 spiro atoms. The van der Waals surface area contributed by atoms with Gasteiger partial charge in [0.1, 0.15) is 0 Å². The Hall–Kier alpha value is -1.39. The number of likely N-dealkylation sites (N-methyl/N-ethyl adjacent to an activating group) is 1. The van der Waals surface area contributed by atoms with Crippen LogP contribution in [0.15, 0.2) is 24.3 Å². The van der Waals surface area contributed by atoms with Crippen LogP contribution in [0.25, 0.3) is 0 Å². The van der Waals surface area contributed by atoms with E-state index in [1.54, 1.807) is 0 Å². The van der Waals surface area contributed by atoms with Crippen molar-refractivity contribution in [3.63, 3.8) is 0 Å². The van der Waals surface area contributed by atoms with Gasteiger partial charge in [0.25, 0.3) is 0 Å². The number of hydrogen-bond donors (Lipinski definition) is 1. The lowest BCUT2D eigenvalue weighted by Gasteiger charge is -2.30. The minimum Gasteiger partial charge on any atom is -0.299 e. The summed E-state index contributed by atoms with van der Waals surface area (Å²) in [6, 6.07) is 7.26. The molecular weight excluding hydrogens is 264 g/mol. The molecule has 1 heterocycles. The lowest BCUT2D eigenvalue weighted by Crippen LogP contribution is -2.51. The van der Waals surface area contributed by atoms with Gasteiger partial charge in [-0.25, -0.2) is 0 Å². The molecule has 1 fully saturated rings. The van der Waals surface area contributed by atoms with E-state index in [0.717, 1.165) is 5.56 Å². The molecule has 0 aliphatic carbocycles. The van der Waals surface area contributed by atoms with E-state index in [1.807, 2.05) is 31.2 Å². The fourth-order valence-corrected chi connectivity index (χ4v) is 2.35. The third kappa shape index (κ3) is 3.14. The number of nitrogens with zero attached hydrogens (tertiary/aromatic N) is 1. The molecule has 19 heavy (non-hydrogen) atoms. The number of imide groups is 1. The first-order valence-corrected chi connectivity index (χ1v) is 6.68. The fraction of sp³-hybridized carbons (Fsp3) is 0.429. The van der Waals surface area contributed by atoms with Crippen LogP contribution in [0.2, 0.25) is 5.02 Å². The average molecular weight is 281 g/mol. The van der Waals surface area contributed by atoms with Crippen molar-refractivity contribution in [3.8, 4) is 0 Å². The molecule has 2 atom stereocenters.